The van der Waals surface area contributed by atoms with Gasteiger partial charge in [0, 0.05) is 19.7 Å². The SMILES string of the molecule is COCC(O)CN(C)C1CCC(CN)CC1. The molecule has 1 unspecified atom stereocenters. The van der Waals surface area contributed by atoms with Gasteiger partial charge in [-0.15, -0.1) is 0 Å². The van der Waals surface area contributed by atoms with E-state index in [2.05, 4.69) is 11.9 Å². The van der Waals surface area contributed by atoms with Crippen LogP contribution in [0.3, 0.4) is 0 Å². The molecule has 4 nitrogen and oxygen atoms in total. The fourth-order valence-electron chi connectivity index (χ4n) is 2.55. The molecule has 0 aromatic rings. The minimum atomic E-state index is -0.373. The lowest BCUT2D eigenvalue weighted by atomic mass is 9.85. The Kier molecular flexibility index (Phi) is 6.28. The predicted octanol–water partition coefficient (Wildman–Crippen LogP) is 0.443. The van der Waals surface area contributed by atoms with Crippen molar-refractivity contribution >= 4 is 0 Å². The first kappa shape index (κ1) is 13.9. The third-order valence-corrected chi connectivity index (χ3v) is 3.63. The summed E-state index contributed by atoms with van der Waals surface area (Å²) in [6, 6.07) is 0.606. The Morgan fingerprint density at radius 3 is 2.50 bits per heavy atom. The van der Waals surface area contributed by atoms with Gasteiger partial charge in [0.25, 0.3) is 0 Å². The quantitative estimate of drug-likeness (QED) is 0.695. The van der Waals surface area contributed by atoms with Crippen molar-refractivity contribution in [1.29, 1.82) is 0 Å². The van der Waals surface area contributed by atoms with Gasteiger partial charge >= 0.3 is 0 Å². The van der Waals surface area contributed by atoms with Crippen molar-refractivity contribution in [3.63, 3.8) is 0 Å². The van der Waals surface area contributed by atoms with E-state index in [4.69, 9.17) is 10.5 Å². The Bertz CT molecular complexity index is 182. The van der Waals surface area contributed by atoms with Crippen molar-refractivity contribution in [3.8, 4) is 0 Å². The summed E-state index contributed by atoms with van der Waals surface area (Å²) in [5.41, 5.74) is 5.67. The number of nitrogens with two attached hydrogens (primary N) is 1. The van der Waals surface area contributed by atoms with E-state index in [0.29, 0.717) is 25.1 Å². The van der Waals surface area contributed by atoms with E-state index in [-0.39, 0.29) is 6.10 Å². The topological polar surface area (TPSA) is 58.7 Å². The van der Waals surface area contributed by atoms with Crippen molar-refractivity contribution in [2.45, 2.75) is 37.8 Å². The van der Waals surface area contributed by atoms with E-state index in [1.54, 1.807) is 7.11 Å². The molecule has 3 N–H and O–H groups in total. The summed E-state index contributed by atoms with van der Waals surface area (Å²) in [5, 5.41) is 9.66. The van der Waals surface area contributed by atoms with Gasteiger partial charge in [0.15, 0.2) is 0 Å². The monoisotopic (exact) mass is 230 g/mol. The molecule has 0 amide bonds. The molecule has 1 aliphatic carbocycles. The zero-order valence-electron chi connectivity index (χ0n) is 10.6. The van der Waals surface area contributed by atoms with Gasteiger partial charge in [0.2, 0.25) is 0 Å². The van der Waals surface area contributed by atoms with Gasteiger partial charge < -0.3 is 20.5 Å². The van der Waals surface area contributed by atoms with Gasteiger partial charge in [0.1, 0.15) is 0 Å². The number of nitrogens with zero attached hydrogens (tertiary/aromatic N) is 1. The molecule has 0 heterocycles. The van der Waals surface area contributed by atoms with Gasteiger partial charge in [-0.05, 0) is 45.2 Å². The van der Waals surface area contributed by atoms with Gasteiger partial charge in [-0.1, -0.05) is 0 Å². The number of rotatable bonds is 6. The molecule has 0 radical (unpaired) electrons. The number of hydrogen-bond acceptors (Lipinski definition) is 4. The molecule has 0 aromatic heterocycles. The summed E-state index contributed by atoms with van der Waals surface area (Å²) in [5.74, 6) is 0.716. The molecule has 16 heavy (non-hydrogen) atoms. The number of aliphatic hydroxyl groups is 1. The smallest absolute Gasteiger partial charge is 0.0900 e. The van der Waals surface area contributed by atoms with Crippen LogP contribution in [0.15, 0.2) is 0 Å². The lowest BCUT2D eigenvalue weighted by molar-refractivity contribution is 0.0279. The average Bonchev–Trinajstić information content (AvgIpc) is 2.29. The highest BCUT2D eigenvalue weighted by Gasteiger charge is 2.24. The Balaban J connectivity index is 2.24. The Morgan fingerprint density at radius 2 is 2.00 bits per heavy atom. The fourth-order valence-corrected chi connectivity index (χ4v) is 2.55. The van der Waals surface area contributed by atoms with Crippen molar-refractivity contribution in [2.75, 3.05) is 33.9 Å². The summed E-state index contributed by atoms with van der Waals surface area (Å²) < 4.78 is 4.93. The Labute approximate surface area is 98.8 Å². The van der Waals surface area contributed by atoms with Crippen LogP contribution in [0.2, 0.25) is 0 Å². The lowest BCUT2D eigenvalue weighted by Crippen LogP contribution is -2.41. The lowest BCUT2D eigenvalue weighted by Gasteiger charge is -2.35. The molecule has 1 saturated carbocycles. The first-order valence-electron chi connectivity index (χ1n) is 6.24. The second-order valence-corrected chi connectivity index (χ2v) is 4.96. The molecule has 1 rings (SSSR count). The molecule has 4 heteroatoms. The average molecular weight is 230 g/mol. The molecular weight excluding hydrogens is 204 g/mol. The van der Waals surface area contributed by atoms with Crippen LogP contribution in [0, 0.1) is 5.92 Å². The van der Waals surface area contributed by atoms with Crippen LogP contribution in [0.25, 0.3) is 0 Å². The summed E-state index contributed by atoms with van der Waals surface area (Å²) >= 11 is 0. The van der Waals surface area contributed by atoms with Crippen LogP contribution in [0.5, 0.6) is 0 Å². The van der Waals surface area contributed by atoms with E-state index >= 15 is 0 Å². The maximum Gasteiger partial charge on any atom is 0.0900 e. The summed E-state index contributed by atoms with van der Waals surface area (Å²) in [6.07, 6.45) is 4.50. The van der Waals surface area contributed by atoms with Crippen molar-refractivity contribution < 1.29 is 9.84 Å². The summed E-state index contributed by atoms with van der Waals surface area (Å²) in [7, 11) is 3.71. The van der Waals surface area contributed by atoms with Crippen LogP contribution >= 0.6 is 0 Å². The largest absolute Gasteiger partial charge is 0.389 e. The zero-order valence-corrected chi connectivity index (χ0v) is 10.6. The molecule has 1 aliphatic rings. The van der Waals surface area contributed by atoms with Crippen LogP contribution in [-0.4, -0.2) is 56.0 Å². The van der Waals surface area contributed by atoms with Gasteiger partial charge in [-0.3, -0.25) is 0 Å². The number of ether oxygens (including phenoxy) is 1. The predicted molar refractivity (Wildman–Crippen MR) is 65.3 cm³/mol. The zero-order chi connectivity index (χ0) is 12.0. The maximum atomic E-state index is 9.66. The number of methoxy groups -OCH3 is 1. The summed E-state index contributed by atoms with van der Waals surface area (Å²) in [4.78, 5) is 2.26. The highest BCUT2D eigenvalue weighted by atomic mass is 16.5. The fraction of sp³-hybridized carbons (Fsp3) is 1.00. The number of likely N-dealkylation sites (N-methyl/N-ethyl adjacent to an activating group) is 1. The second kappa shape index (κ2) is 7.22. The van der Waals surface area contributed by atoms with Gasteiger partial charge in [0.05, 0.1) is 12.7 Å². The van der Waals surface area contributed by atoms with Crippen molar-refractivity contribution in [3.05, 3.63) is 0 Å². The molecule has 0 spiro atoms. The second-order valence-electron chi connectivity index (χ2n) is 4.96. The van der Waals surface area contributed by atoms with E-state index in [0.717, 1.165) is 6.54 Å². The highest BCUT2D eigenvalue weighted by Crippen LogP contribution is 2.26. The van der Waals surface area contributed by atoms with E-state index in [1.807, 2.05) is 0 Å². The highest BCUT2D eigenvalue weighted by molar-refractivity contribution is 4.79. The molecule has 0 aromatic carbocycles. The van der Waals surface area contributed by atoms with Gasteiger partial charge in [-0.2, -0.15) is 0 Å². The first-order chi connectivity index (χ1) is 7.67. The van der Waals surface area contributed by atoms with Crippen LogP contribution in [0.1, 0.15) is 25.7 Å². The normalized spacial score (nSPS) is 28.3. The van der Waals surface area contributed by atoms with Crippen molar-refractivity contribution in [1.82, 2.24) is 4.90 Å². The maximum absolute atomic E-state index is 9.66. The molecule has 96 valence electrons. The third kappa shape index (κ3) is 4.37. The first-order valence-corrected chi connectivity index (χ1v) is 6.24. The molecule has 0 aliphatic heterocycles. The molecule has 0 bridgehead atoms. The minimum Gasteiger partial charge on any atom is -0.389 e. The molecule has 0 saturated heterocycles. The Morgan fingerprint density at radius 1 is 1.38 bits per heavy atom. The van der Waals surface area contributed by atoms with E-state index < -0.39 is 0 Å². The van der Waals surface area contributed by atoms with E-state index in [9.17, 15) is 5.11 Å². The van der Waals surface area contributed by atoms with Crippen LogP contribution < -0.4 is 5.73 Å². The number of aliphatic hydroxyl groups excluding tert-OH is 1. The number of hydrogen-bond donors (Lipinski definition) is 2. The van der Waals surface area contributed by atoms with Crippen molar-refractivity contribution in [2.24, 2.45) is 11.7 Å². The van der Waals surface area contributed by atoms with Gasteiger partial charge in [-0.25, -0.2) is 0 Å². The van der Waals surface area contributed by atoms with Crippen LogP contribution in [-0.2, 0) is 4.74 Å². The molecule has 1 atom stereocenters. The summed E-state index contributed by atoms with van der Waals surface area (Å²) in [6.45, 7) is 1.94. The molecular formula is C12H26N2O2. The third-order valence-electron chi connectivity index (χ3n) is 3.63. The molecule has 1 fully saturated rings. The Hall–Kier alpha value is -0.160. The van der Waals surface area contributed by atoms with E-state index in [1.165, 1.54) is 25.7 Å². The minimum absolute atomic E-state index is 0.373. The van der Waals surface area contributed by atoms with Crippen LogP contribution in [0.4, 0.5) is 0 Å². The standard InChI is InChI=1S/C12H26N2O2/c1-14(8-12(15)9-16-2)11-5-3-10(7-13)4-6-11/h10-12,15H,3-9,13H2,1-2H3.